The molecule has 1 aliphatic rings. The van der Waals surface area contributed by atoms with Crippen LogP contribution in [-0.4, -0.2) is 26.2 Å². The Morgan fingerprint density at radius 2 is 2.20 bits per heavy atom. The van der Waals surface area contributed by atoms with E-state index in [4.69, 9.17) is 0 Å². The van der Waals surface area contributed by atoms with Gasteiger partial charge in [0.25, 0.3) is 0 Å². The van der Waals surface area contributed by atoms with Gasteiger partial charge in [-0.15, -0.1) is 0 Å². The molecule has 0 spiro atoms. The molecule has 0 amide bonds. The normalized spacial score (nSPS) is 21.1. The second-order valence-corrected chi connectivity index (χ2v) is 5.85. The number of aromatic nitrogens is 1. The van der Waals surface area contributed by atoms with Crippen molar-refractivity contribution in [2.45, 2.75) is 24.4 Å². The fourth-order valence-corrected chi connectivity index (χ4v) is 2.40. The van der Waals surface area contributed by atoms with Crippen LogP contribution in [-0.2, 0) is 16.3 Å². The Labute approximate surface area is 89.6 Å². The van der Waals surface area contributed by atoms with Crippen molar-refractivity contribution >= 4 is 9.84 Å². The van der Waals surface area contributed by atoms with Crippen LogP contribution in [0.25, 0.3) is 0 Å². The Morgan fingerprint density at radius 3 is 2.87 bits per heavy atom. The van der Waals surface area contributed by atoms with Crippen molar-refractivity contribution in [2.24, 2.45) is 0 Å². The van der Waals surface area contributed by atoms with Gasteiger partial charge in [-0.25, -0.2) is 13.4 Å². The third-order valence-corrected chi connectivity index (χ3v) is 3.63. The molecule has 1 unspecified atom stereocenters. The summed E-state index contributed by atoms with van der Waals surface area (Å²) in [5, 5.41) is 3.48. The summed E-state index contributed by atoms with van der Waals surface area (Å²) in [6.45, 7) is 2.91. The summed E-state index contributed by atoms with van der Waals surface area (Å²) in [6.07, 6.45) is 1.98. The number of sulfone groups is 1. The molecule has 5 heteroatoms. The molecule has 0 radical (unpaired) electrons. The molecule has 2 rings (SSSR count). The molecule has 4 nitrogen and oxygen atoms in total. The van der Waals surface area contributed by atoms with Gasteiger partial charge in [0.1, 0.15) is 0 Å². The number of nitrogens with one attached hydrogen (secondary N) is 1. The first-order chi connectivity index (χ1) is 6.98. The number of fused-ring (bicyclic) bond motifs is 1. The van der Waals surface area contributed by atoms with Gasteiger partial charge in [0.2, 0.25) is 0 Å². The number of hydrogen-bond donors (Lipinski definition) is 1. The minimum absolute atomic E-state index is 0.176. The van der Waals surface area contributed by atoms with Gasteiger partial charge in [0, 0.05) is 31.0 Å². The van der Waals surface area contributed by atoms with Crippen molar-refractivity contribution in [3.63, 3.8) is 0 Å². The highest BCUT2D eigenvalue weighted by Crippen LogP contribution is 2.22. The molecule has 1 aromatic rings. The minimum atomic E-state index is -3.19. The predicted octanol–water partition coefficient (Wildman–Crippen LogP) is 0.692. The van der Waals surface area contributed by atoms with Crippen LogP contribution in [0.15, 0.2) is 17.2 Å². The van der Waals surface area contributed by atoms with Gasteiger partial charge in [-0.05, 0) is 18.6 Å². The van der Waals surface area contributed by atoms with Crippen LogP contribution < -0.4 is 5.32 Å². The Bertz CT molecular complexity index is 482. The predicted molar refractivity (Wildman–Crippen MR) is 57.5 cm³/mol. The molecule has 0 fully saturated rings. The van der Waals surface area contributed by atoms with E-state index in [1.165, 1.54) is 6.26 Å². The molecular formula is C10H14N2O2S. The molecule has 0 saturated heterocycles. The van der Waals surface area contributed by atoms with Gasteiger partial charge in [-0.2, -0.15) is 0 Å². The molecule has 15 heavy (non-hydrogen) atoms. The molecule has 0 aliphatic carbocycles. The molecule has 1 aliphatic heterocycles. The summed E-state index contributed by atoms with van der Waals surface area (Å²) in [7, 11) is -3.19. The Balaban J connectivity index is 2.51. The van der Waals surface area contributed by atoms with E-state index >= 15 is 0 Å². The minimum Gasteiger partial charge on any atom is -0.310 e. The lowest BCUT2D eigenvalue weighted by Gasteiger charge is -2.23. The van der Waals surface area contributed by atoms with E-state index in [2.05, 4.69) is 17.2 Å². The largest absolute Gasteiger partial charge is 0.310 e. The SMILES string of the molecule is CC1NCCc2nc(S(C)(=O)=O)ccc21. The van der Waals surface area contributed by atoms with Crippen LogP contribution >= 0.6 is 0 Å². The van der Waals surface area contributed by atoms with Gasteiger partial charge >= 0.3 is 0 Å². The first-order valence-corrected chi connectivity index (χ1v) is 6.81. The summed E-state index contributed by atoms with van der Waals surface area (Å²) in [5.41, 5.74) is 2.01. The zero-order valence-corrected chi connectivity index (χ0v) is 9.63. The second kappa shape index (κ2) is 3.57. The second-order valence-electron chi connectivity index (χ2n) is 3.88. The Hall–Kier alpha value is -0.940. The highest BCUT2D eigenvalue weighted by Gasteiger charge is 2.19. The van der Waals surface area contributed by atoms with Gasteiger partial charge in [-0.3, -0.25) is 0 Å². The average molecular weight is 226 g/mol. The number of pyridine rings is 1. The molecule has 82 valence electrons. The maximum absolute atomic E-state index is 11.3. The number of rotatable bonds is 1. The van der Waals surface area contributed by atoms with Gasteiger partial charge < -0.3 is 5.32 Å². The zero-order valence-electron chi connectivity index (χ0n) is 8.82. The van der Waals surface area contributed by atoms with Gasteiger partial charge in [0.05, 0.1) is 0 Å². The van der Waals surface area contributed by atoms with Crippen molar-refractivity contribution in [3.05, 3.63) is 23.4 Å². The Kier molecular flexibility index (Phi) is 2.52. The van der Waals surface area contributed by atoms with E-state index in [0.29, 0.717) is 0 Å². The van der Waals surface area contributed by atoms with E-state index < -0.39 is 9.84 Å². The summed E-state index contributed by atoms with van der Waals surface area (Å²) in [4.78, 5) is 4.21. The van der Waals surface area contributed by atoms with Crippen molar-refractivity contribution in [3.8, 4) is 0 Å². The van der Waals surface area contributed by atoms with Crippen molar-refractivity contribution < 1.29 is 8.42 Å². The lowest BCUT2D eigenvalue weighted by Crippen LogP contribution is -2.28. The topological polar surface area (TPSA) is 59.1 Å². The lowest BCUT2D eigenvalue weighted by atomic mass is 10.0. The number of hydrogen-bond acceptors (Lipinski definition) is 4. The van der Waals surface area contributed by atoms with Crippen LogP contribution in [0.1, 0.15) is 24.2 Å². The maximum Gasteiger partial charge on any atom is 0.192 e. The van der Waals surface area contributed by atoms with Crippen LogP contribution in [0.5, 0.6) is 0 Å². The summed E-state index contributed by atoms with van der Waals surface area (Å²) >= 11 is 0. The maximum atomic E-state index is 11.3. The fourth-order valence-electron chi connectivity index (χ4n) is 1.81. The highest BCUT2D eigenvalue weighted by molar-refractivity contribution is 7.90. The van der Waals surface area contributed by atoms with Crippen LogP contribution in [0, 0.1) is 0 Å². The first-order valence-electron chi connectivity index (χ1n) is 4.92. The van der Waals surface area contributed by atoms with E-state index in [9.17, 15) is 8.42 Å². The molecule has 0 aromatic carbocycles. The van der Waals surface area contributed by atoms with E-state index in [1.54, 1.807) is 6.07 Å². The summed E-state index contributed by atoms with van der Waals surface area (Å²) < 4.78 is 22.6. The first kappa shape index (κ1) is 10.6. The van der Waals surface area contributed by atoms with Crippen molar-refractivity contribution in [1.82, 2.24) is 10.3 Å². The van der Waals surface area contributed by atoms with E-state index in [0.717, 1.165) is 24.2 Å². The van der Waals surface area contributed by atoms with Crippen LogP contribution in [0.2, 0.25) is 0 Å². The third kappa shape index (κ3) is 2.03. The quantitative estimate of drug-likeness (QED) is 0.765. The third-order valence-electron chi connectivity index (χ3n) is 2.64. The van der Waals surface area contributed by atoms with Gasteiger partial charge in [-0.1, -0.05) is 6.07 Å². The Morgan fingerprint density at radius 1 is 1.47 bits per heavy atom. The highest BCUT2D eigenvalue weighted by atomic mass is 32.2. The van der Waals surface area contributed by atoms with Crippen LogP contribution in [0.4, 0.5) is 0 Å². The molecule has 2 heterocycles. The summed E-state index contributed by atoms with van der Waals surface area (Å²) in [5.74, 6) is 0. The number of nitrogens with zero attached hydrogens (tertiary/aromatic N) is 1. The van der Waals surface area contributed by atoms with E-state index in [1.807, 2.05) is 6.07 Å². The molecule has 1 aromatic heterocycles. The standard InChI is InChI=1S/C10H14N2O2S/c1-7-8-3-4-10(15(2,13)14)12-9(8)5-6-11-7/h3-4,7,11H,5-6H2,1-2H3. The molecular weight excluding hydrogens is 212 g/mol. The molecule has 1 N–H and O–H groups in total. The van der Waals surface area contributed by atoms with Crippen LogP contribution in [0.3, 0.4) is 0 Å². The molecule has 0 saturated carbocycles. The molecule has 0 bridgehead atoms. The fraction of sp³-hybridized carbons (Fsp3) is 0.500. The van der Waals surface area contributed by atoms with Crippen molar-refractivity contribution in [2.75, 3.05) is 12.8 Å². The van der Waals surface area contributed by atoms with Crippen molar-refractivity contribution in [1.29, 1.82) is 0 Å². The lowest BCUT2D eigenvalue weighted by molar-refractivity contribution is 0.527. The summed E-state index contributed by atoms with van der Waals surface area (Å²) in [6, 6.07) is 3.70. The molecule has 1 atom stereocenters. The monoisotopic (exact) mass is 226 g/mol. The van der Waals surface area contributed by atoms with Gasteiger partial charge in [0.15, 0.2) is 14.9 Å². The van der Waals surface area contributed by atoms with E-state index in [-0.39, 0.29) is 11.1 Å². The zero-order chi connectivity index (χ0) is 11.1. The average Bonchev–Trinajstić information content (AvgIpc) is 2.16. The smallest absolute Gasteiger partial charge is 0.192 e.